The molecule has 1 amide bonds. The summed E-state index contributed by atoms with van der Waals surface area (Å²) in [5.74, 6) is -0.628. The molecule has 0 bridgehead atoms. The second-order valence-corrected chi connectivity index (χ2v) is 7.99. The van der Waals surface area contributed by atoms with Gasteiger partial charge < -0.3 is 11.1 Å². The lowest BCUT2D eigenvalue weighted by Gasteiger charge is -2.29. The fraction of sp³-hybridized carbons (Fsp3) is 0.120. The quantitative estimate of drug-likeness (QED) is 0.243. The van der Waals surface area contributed by atoms with Crippen LogP contribution < -0.4 is 11.1 Å². The number of anilines is 1. The number of pyridine rings is 1. The van der Waals surface area contributed by atoms with Crippen LogP contribution in [0.4, 0.5) is 17.2 Å². The molecule has 1 unspecified atom stereocenters. The third kappa shape index (κ3) is 4.93. The van der Waals surface area contributed by atoms with E-state index in [1.807, 2.05) is 0 Å². The van der Waals surface area contributed by atoms with Crippen LogP contribution in [0.5, 0.6) is 0 Å². The van der Waals surface area contributed by atoms with Crippen molar-refractivity contribution < 1.29 is 14.6 Å². The second kappa shape index (κ2) is 10.6. The third-order valence-corrected chi connectivity index (χ3v) is 5.85. The Morgan fingerprint density at radius 2 is 1.57 bits per heavy atom. The van der Waals surface area contributed by atoms with Crippen molar-refractivity contribution in [2.24, 2.45) is 5.73 Å². The van der Waals surface area contributed by atoms with E-state index >= 15 is 0 Å². The summed E-state index contributed by atoms with van der Waals surface area (Å²) in [4.78, 5) is 48.5. The zero-order chi connectivity index (χ0) is 26.4. The van der Waals surface area contributed by atoms with Crippen LogP contribution in [0.2, 0.25) is 0 Å². The molecule has 0 saturated carbocycles. The van der Waals surface area contributed by atoms with Gasteiger partial charge in [-0.3, -0.25) is 25.0 Å². The van der Waals surface area contributed by atoms with Gasteiger partial charge in [0, 0.05) is 24.4 Å². The normalized spacial score (nSPS) is 12.3. The van der Waals surface area contributed by atoms with E-state index in [4.69, 9.17) is 5.73 Å². The van der Waals surface area contributed by atoms with Crippen molar-refractivity contribution in [3.8, 4) is 11.3 Å². The summed E-state index contributed by atoms with van der Waals surface area (Å²) in [5.41, 5.74) is 3.65. The molecule has 4 aromatic rings. The van der Waals surface area contributed by atoms with E-state index in [2.05, 4.69) is 20.3 Å². The number of nitro benzene ring substituents is 1. The number of carbonyl (C=O) groups is 1. The minimum atomic E-state index is -1.90. The SMILES string of the molecule is NC(=O)C(CCNc1ccccn1)(c1ncc([N+](=O)[O-])c(-c2ccccc2)n1)c1ccccc1[N+](=O)[O-]. The molecule has 4 rings (SSSR count). The van der Waals surface area contributed by atoms with Crippen LogP contribution in [-0.2, 0) is 10.2 Å². The Bertz CT molecular complexity index is 1450. The monoisotopic (exact) mass is 499 g/mol. The first-order valence-corrected chi connectivity index (χ1v) is 11.1. The van der Waals surface area contributed by atoms with E-state index in [9.17, 15) is 25.0 Å². The molecule has 3 N–H and O–H groups in total. The van der Waals surface area contributed by atoms with E-state index in [1.165, 1.54) is 24.3 Å². The van der Waals surface area contributed by atoms with E-state index in [1.54, 1.807) is 54.7 Å². The number of aromatic nitrogens is 3. The molecule has 0 aliphatic carbocycles. The van der Waals surface area contributed by atoms with Crippen LogP contribution in [0.25, 0.3) is 11.3 Å². The smallest absolute Gasteiger partial charge is 0.313 e. The van der Waals surface area contributed by atoms with Gasteiger partial charge in [-0.2, -0.15) is 0 Å². The van der Waals surface area contributed by atoms with Gasteiger partial charge in [0.15, 0.2) is 5.69 Å². The standard InChI is InChI=1S/C25H21N7O5/c26-23(33)25(13-15-28-21-12-6-7-14-27-21,18-10-4-5-11-19(18)31(34)35)24-29-16-20(32(36)37)22(30-24)17-8-2-1-3-9-17/h1-12,14,16H,13,15H2,(H2,26,33)(H,27,28). The van der Waals surface area contributed by atoms with Gasteiger partial charge in [0.25, 0.3) is 5.69 Å². The summed E-state index contributed by atoms with van der Waals surface area (Å²) in [6.07, 6.45) is 2.47. The van der Waals surface area contributed by atoms with Crippen molar-refractivity contribution in [2.75, 3.05) is 11.9 Å². The molecular formula is C25H21N7O5. The number of hydrogen-bond acceptors (Lipinski definition) is 9. The van der Waals surface area contributed by atoms with Crippen LogP contribution >= 0.6 is 0 Å². The predicted octanol–water partition coefficient (Wildman–Crippen LogP) is 3.63. The minimum absolute atomic E-state index is 0.0248. The molecule has 0 radical (unpaired) electrons. The summed E-state index contributed by atoms with van der Waals surface area (Å²) in [6.45, 7) is 0.104. The molecule has 1 atom stereocenters. The van der Waals surface area contributed by atoms with Crippen molar-refractivity contribution in [1.82, 2.24) is 15.0 Å². The van der Waals surface area contributed by atoms with Gasteiger partial charge in [-0.25, -0.2) is 15.0 Å². The molecular weight excluding hydrogens is 478 g/mol. The Kier molecular flexibility index (Phi) is 7.09. The van der Waals surface area contributed by atoms with Gasteiger partial charge in [-0.1, -0.05) is 54.6 Å². The second-order valence-electron chi connectivity index (χ2n) is 7.99. The molecule has 0 spiro atoms. The first-order valence-electron chi connectivity index (χ1n) is 11.1. The molecule has 0 aliphatic heterocycles. The summed E-state index contributed by atoms with van der Waals surface area (Å²) < 4.78 is 0. The summed E-state index contributed by atoms with van der Waals surface area (Å²) in [6, 6.07) is 19.2. The number of para-hydroxylation sites is 1. The molecule has 2 aromatic carbocycles. The average molecular weight is 499 g/mol. The maximum absolute atomic E-state index is 13.2. The number of primary amides is 1. The molecule has 37 heavy (non-hydrogen) atoms. The van der Waals surface area contributed by atoms with E-state index in [0.717, 1.165) is 6.20 Å². The van der Waals surface area contributed by atoms with Crippen LogP contribution in [-0.4, -0.2) is 37.3 Å². The van der Waals surface area contributed by atoms with Crippen LogP contribution in [0, 0.1) is 20.2 Å². The zero-order valence-corrected chi connectivity index (χ0v) is 19.4. The van der Waals surface area contributed by atoms with Crippen molar-refractivity contribution in [2.45, 2.75) is 11.8 Å². The zero-order valence-electron chi connectivity index (χ0n) is 19.4. The van der Waals surface area contributed by atoms with E-state index in [0.29, 0.717) is 11.4 Å². The Morgan fingerprint density at radius 3 is 2.22 bits per heavy atom. The maximum Gasteiger partial charge on any atom is 0.313 e. The van der Waals surface area contributed by atoms with E-state index < -0.39 is 21.2 Å². The average Bonchev–Trinajstić information content (AvgIpc) is 2.91. The van der Waals surface area contributed by atoms with Gasteiger partial charge in [-0.05, 0) is 18.6 Å². The highest BCUT2D eigenvalue weighted by molar-refractivity contribution is 5.91. The van der Waals surface area contributed by atoms with Crippen molar-refractivity contribution >= 4 is 23.1 Å². The van der Waals surface area contributed by atoms with Crippen molar-refractivity contribution in [3.63, 3.8) is 0 Å². The number of nitrogens with zero attached hydrogens (tertiary/aromatic N) is 5. The number of nitro groups is 2. The van der Waals surface area contributed by atoms with Crippen LogP contribution in [0.1, 0.15) is 17.8 Å². The summed E-state index contributed by atoms with van der Waals surface area (Å²) in [7, 11) is 0. The number of rotatable bonds is 10. The minimum Gasteiger partial charge on any atom is -0.370 e. The van der Waals surface area contributed by atoms with Crippen molar-refractivity contribution in [1.29, 1.82) is 0 Å². The molecule has 12 nitrogen and oxygen atoms in total. The highest BCUT2D eigenvalue weighted by Crippen LogP contribution is 2.40. The lowest BCUT2D eigenvalue weighted by Crippen LogP contribution is -2.45. The van der Waals surface area contributed by atoms with Gasteiger partial charge in [0.05, 0.1) is 15.4 Å². The predicted molar refractivity (Wildman–Crippen MR) is 135 cm³/mol. The molecule has 2 heterocycles. The van der Waals surface area contributed by atoms with E-state index in [-0.39, 0.29) is 41.4 Å². The van der Waals surface area contributed by atoms with Crippen LogP contribution in [0.15, 0.2) is 85.2 Å². The van der Waals surface area contributed by atoms with Crippen LogP contribution in [0.3, 0.4) is 0 Å². The number of benzene rings is 2. The Hall–Kier alpha value is -5.26. The Labute approximate surface area is 210 Å². The first kappa shape index (κ1) is 24.9. The highest BCUT2D eigenvalue weighted by atomic mass is 16.6. The summed E-state index contributed by atoms with van der Waals surface area (Å²) in [5, 5.41) is 26.8. The number of hydrogen-bond donors (Lipinski definition) is 2. The summed E-state index contributed by atoms with van der Waals surface area (Å²) >= 11 is 0. The molecule has 12 heteroatoms. The molecule has 0 fully saturated rings. The number of nitrogens with one attached hydrogen (secondary N) is 1. The van der Waals surface area contributed by atoms with Gasteiger partial charge in [-0.15, -0.1) is 0 Å². The topological polar surface area (TPSA) is 180 Å². The van der Waals surface area contributed by atoms with Gasteiger partial charge in [0.1, 0.15) is 23.3 Å². The lowest BCUT2D eigenvalue weighted by molar-refractivity contribution is -0.385. The Morgan fingerprint density at radius 1 is 0.892 bits per heavy atom. The molecule has 0 aliphatic rings. The lowest BCUT2D eigenvalue weighted by atomic mass is 9.74. The third-order valence-electron chi connectivity index (χ3n) is 5.85. The van der Waals surface area contributed by atoms with Gasteiger partial charge >= 0.3 is 5.69 Å². The molecule has 186 valence electrons. The number of amides is 1. The number of nitrogens with two attached hydrogens (primary N) is 1. The fourth-order valence-electron chi connectivity index (χ4n) is 4.10. The largest absolute Gasteiger partial charge is 0.370 e. The first-order chi connectivity index (χ1) is 17.8. The fourth-order valence-corrected chi connectivity index (χ4v) is 4.10. The number of carbonyl (C=O) groups excluding carboxylic acids is 1. The Balaban J connectivity index is 1.93. The highest BCUT2D eigenvalue weighted by Gasteiger charge is 2.47. The maximum atomic E-state index is 13.2. The van der Waals surface area contributed by atoms with Gasteiger partial charge in [0.2, 0.25) is 5.91 Å². The molecule has 0 saturated heterocycles. The van der Waals surface area contributed by atoms with Crippen molar-refractivity contribution in [3.05, 3.63) is 117 Å². The molecule has 2 aromatic heterocycles.